The monoisotopic (exact) mass is 486 g/mol. The maximum absolute atomic E-state index is 11.6. The second-order valence-electron chi connectivity index (χ2n) is 7.16. The van der Waals surface area contributed by atoms with Crippen molar-refractivity contribution in [1.29, 1.82) is 0 Å². The van der Waals surface area contributed by atoms with Gasteiger partial charge in [-0.15, -0.1) is 11.3 Å². The number of nitrogens with zero attached hydrogens (tertiary/aromatic N) is 5. The first-order chi connectivity index (χ1) is 17.0. The third-order valence-corrected chi connectivity index (χ3v) is 5.53. The van der Waals surface area contributed by atoms with Crippen molar-refractivity contribution in [1.82, 2.24) is 4.98 Å². The SMILES string of the molecule is O=C(O)/C(Cc1ccccc1[N+](=O)[O-])=N\Nc1nc(-c2ccc(/N=N/c3ccccc3)cc2)cs1. The number of nitro benzene ring substituents is 1. The predicted octanol–water partition coefficient (Wildman–Crippen LogP) is 6.23. The smallest absolute Gasteiger partial charge is 0.352 e. The molecular weight excluding hydrogens is 468 g/mol. The first kappa shape index (κ1) is 23.4. The van der Waals surface area contributed by atoms with Crippen molar-refractivity contribution in [3.05, 3.63) is 99.9 Å². The molecule has 35 heavy (non-hydrogen) atoms. The summed E-state index contributed by atoms with van der Waals surface area (Å²) in [6.45, 7) is 0. The van der Waals surface area contributed by atoms with Gasteiger partial charge in [-0.3, -0.25) is 15.5 Å². The van der Waals surface area contributed by atoms with Crippen LogP contribution < -0.4 is 5.43 Å². The molecule has 2 N–H and O–H groups in total. The zero-order valence-corrected chi connectivity index (χ0v) is 18.9. The van der Waals surface area contributed by atoms with Gasteiger partial charge in [-0.05, 0) is 24.3 Å². The quantitative estimate of drug-likeness (QED) is 0.124. The molecule has 0 saturated carbocycles. The normalized spacial score (nSPS) is 11.5. The highest BCUT2D eigenvalue weighted by atomic mass is 32.1. The molecule has 3 aromatic carbocycles. The van der Waals surface area contributed by atoms with Crippen molar-refractivity contribution in [3.8, 4) is 11.3 Å². The standard InChI is InChI=1S/C24H18N6O4S/c31-23(32)20(14-17-6-4-5-9-22(17)30(33)34)28-29-24-25-21(15-35-24)16-10-12-19(13-11-16)27-26-18-7-2-1-3-8-18/h1-13,15H,14H2,(H,25,29)(H,31,32)/b27-26+,28-20-. The Kier molecular flexibility index (Phi) is 7.28. The number of nitrogens with one attached hydrogen (secondary N) is 1. The minimum atomic E-state index is -1.28. The molecule has 0 bridgehead atoms. The number of hydrogen-bond acceptors (Lipinski definition) is 9. The Hall–Kier alpha value is -4.77. The van der Waals surface area contributed by atoms with Gasteiger partial charge >= 0.3 is 5.97 Å². The van der Waals surface area contributed by atoms with Gasteiger partial charge in [-0.2, -0.15) is 15.3 Å². The fourth-order valence-corrected chi connectivity index (χ4v) is 3.73. The molecule has 11 heteroatoms. The molecule has 0 spiro atoms. The van der Waals surface area contributed by atoms with Crippen molar-refractivity contribution in [2.24, 2.45) is 15.3 Å². The van der Waals surface area contributed by atoms with E-state index >= 15 is 0 Å². The van der Waals surface area contributed by atoms with Crippen LogP contribution in [0.3, 0.4) is 0 Å². The number of para-hydroxylation sites is 1. The summed E-state index contributed by atoms with van der Waals surface area (Å²) in [5.74, 6) is -1.28. The lowest BCUT2D eigenvalue weighted by atomic mass is 10.1. The van der Waals surface area contributed by atoms with E-state index in [1.165, 1.54) is 29.5 Å². The van der Waals surface area contributed by atoms with Crippen LogP contribution in [0.15, 0.2) is 99.6 Å². The lowest BCUT2D eigenvalue weighted by Gasteiger charge is -2.04. The second-order valence-corrected chi connectivity index (χ2v) is 8.02. The number of carbonyl (C=O) groups is 1. The van der Waals surface area contributed by atoms with Crippen molar-refractivity contribution >= 4 is 45.2 Å². The maximum atomic E-state index is 11.6. The van der Waals surface area contributed by atoms with Gasteiger partial charge in [0.2, 0.25) is 5.13 Å². The van der Waals surface area contributed by atoms with Gasteiger partial charge in [0.25, 0.3) is 5.69 Å². The Balaban J connectivity index is 1.44. The molecule has 4 rings (SSSR count). The third kappa shape index (κ3) is 6.18. The highest BCUT2D eigenvalue weighted by Gasteiger charge is 2.18. The van der Waals surface area contributed by atoms with E-state index in [4.69, 9.17) is 0 Å². The molecule has 0 aliphatic heterocycles. The summed E-state index contributed by atoms with van der Waals surface area (Å²) >= 11 is 1.25. The van der Waals surface area contributed by atoms with Crippen LogP contribution in [0.2, 0.25) is 0 Å². The highest BCUT2D eigenvalue weighted by Crippen LogP contribution is 2.27. The van der Waals surface area contributed by atoms with E-state index in [9.17, 15) is 20.0 Å². The largest absolute Gasteiger partial charge is 0.477 e. The van der Waals surface area contributed by atoms with E-state index in [1.54, 1.807) is 11.4 Å². The Morgan fingerprint density at radius 2 is 1.63 bits per heavy atom. The topological polar surface area (TPSA) is 142 Å². The number of carboxylic acid groups (broad SMARTS) is 1. The Morgan fingerprint density at radius 1 is 0.971 bits per heavy atom. The number of benzene rings is 3. The lowest BCUT2D eigenvalue weighted by molar-refractivity contribution is -0.385. The van der Waals surface area contributed by atoms with Gasteiger partial charge in [0, 0.05) is 29.0 Å². The summed E-state index contributed by atoms with van der Waals surface area (Å²) in [6, 6.07) is 22.7. The fourth-order valence-electron chi connectivity index (χ4n) is 3.06. The number of rotatable bonds is 9. The van der Waals surface area contributed by atoms with E-state index in [1.807, 2.05) is 54.6 Å². The molecule has 4 aromatic rings. The van der Waals surface area contributed by atoms with Crippen molar-refractivity contribution in [2.45, 2.75) is 6.42 Å². The zero-order valence-electron chi connectivity index (χ0n) is 18.1. The Morgan fingerprint density at radius 3 is 2.31 bits per heavy atom. The molecule has 174 valence electrons. The number of azo groups is 1. The first-order valence-corrected chi connectivity index (χ1v) is 11.2. The highest BCUT2D eigenvalue weighted by molar-refractivity contribution is 7.14. The molecule has 10 nitrogen and oxygen atoms in total. The fraction of sp³-hybridized carbons (Fsp3) is 0.0417. The van der Waals surface area contributed by atoms with Gasteiger partial charge in [-0.1, -0.05) is 48.5 Å². The Bertz CT molecular complexity index is 1400. The van der Waals surface area contributed by atoms with Gasteiger partial charge in [0.05, 0.1) is 22.0 Å². The van der Waals surface area contributed by atoms with Crippen LogP contribution in [-0.2, 0) is 11.2 Å². The summed E-state index contributed by atoms with van der Waals surface area (Å²) in [7, 11) is 0. The number of anilines is 1. The third-order valence-electron chi connectivity index (χ3n) is 4.78. The van der Waals surface area contributed by atoms with E-state index in [-0.39, 0.29) is 23.4 Å². The number of carboxylic acids is 1. The van der Waals surface area contributed by atoms with Crippen LogP contribution in [0, 0.1) is 10.1 Å². The number of aliphatic carboxylic acids is 1. The van der Waals surface area contributed by atoms with Crippen LogP contribution in [-0.4, -0.2) is 26.7 Å². The van der Waals surface area contributed by atoms with E-state index < -0.39 is 10.9 Å². The van der Waals surface area contributed by atoms with Crippen LogP contribution >= 0.6 is 11.3 Å². The molecule has 1 heterocycles. The van der Waals surface area contributed by atoms with Crippen LogP contribution in [0.4, 0.5) is 22.2 Å². The molecule has 0 radical (unpaired) electrons. The van der Waals surface area contributed by atoms with Gasteiger partial charge in [0.1, 0.15) is 5.71 Å². The molecule has 0 unspecified atom stereocenters. The number of hydrogen-bond donors (Lipinski definition) is 2. The van der Waals surface area contributed by atoms with Crippen LogP contribution in [0.5, 0.6) is 0 Å². The molecule has 0 atom stereocenters. The van der Waals surface area contributed by atoms with Crippen molar-refractivity contribution in [3.63, 3.8) is 0 Å². The predicted molar refractivity (Wildman–Crippen MR) is 134 cm³/mol. The van der Waals surface area contributed by atoms with Crippen molar-refractivity contribution in [2.75, 3.05) is 5.43 Å². The number of nitro groups is 1. The van der Waals surface area contributed by atoms with Gasteiger partial charge in [0.15, 0.2) is 0 Å². The summed E-state index contributed by atoms with van der Waals surface area (Å²) in [5.41, 5.74) is 5.43. The minimum absolute atomic E-state index is 0.162. The minimum Gasteiger partial charge on any atom is -0.477 e. The number of aromatic nitrogens is 1. The number of thiazole rings is 1. The first-order valence-electron chi connectivity index (χ1n) is 10.3. The Labute approximate surface area is 203 Å². The second kappa shape index (κ2) is 10.9. The zero-order chi connectivity index (χ0) is 24.6. The molecule has 1 aromatic heterocycles. The van der Waals surface area contributed by atoms with Crippen molar-refractivity contribution < 1.29 is 14.8 Å². The van der Waals surface area contributed by atoms with Crippen LogP contribution in [0.1, 0.15) is 5.56 Å². The summed E-state index contributed by atoms with van der Waals surface area (Å²) < 4.78 is 0. The number of hydrazone groups is 1. The molecule has 0 amide bonds. The summed E-state index contributed by atoms with van der Waals surface area (Å²) in [5, 5.41) is 35.2. The maximum Gasteiger partial charge on any atom is 0.352 e. The summed E-state index contributed by atoms with van der Waals surface area (Å²) in [4.78, 5) is 26.7. The molecular formula is C24H18N6O4S. The van der Waals surface area contributed by atoms with E-state index in [0.717, 1.165) is 11.3 Å². The van der Waals surface area contributed by atoms with Crippen LogP contribution in [0.25, 0.3) is 11.3 Å². The molecule has 0 fully saturated rings. The van der Waals surface area contributed by atoms with Gasteiger partial charge in [-0.25, -0.2) is 9.78 Å². The van der Waals surface area contributed by atoms with Gasteiger partial charge < -0.3 is 5.11 Å². The molecule has 0 aliphatic rings. The molecule has 0 aliphatic carbocycles. The van der Waals surface area contributed by atoms with E-state index in [0.29, 0.717) is 16.5 Å². The average Bonchev–Trinajstić information content (AvgIpc) is 3.35. The molecule has 0 saturated heterocycles. The van der Waals surface area contributed by atoms with E-state index in [2.05, 4.69) is 25.7 Å². The summed E-state index contributed by atoms with van der Waals surface area (Å²) in [6.07, 6.45) is -0.212. The average molecular weight is 487 g/mol. The lowest BCUT2D eigenvalue weighted by Crippen LogP contribution is -2.18.